The molecule has 1 aliphatic heterocycles. The Balaban J connectivity index is 1.40. The fraction of sp³-hybridized carbons (Fsp3) is 0.450. The fourth-order valence-corrected chi connectivity index (χ4v) is 5.99. The Morgan fingerprint density at radius 1 is 1.23 bits per heavy atom. The van der Waals surface area contributed by atoms with Crippen LogP contribution in [0.4, 0.5) is 10.9 Å². The monoisotopic (exact) mass is 446 g/mol. The molecule has 3 aromatic rings. The van der Waals surface area contributed by atoms with Gasteiger partial charge in [0.15, 0.2) is 10.2 Å². The van der Waals surface area contributed by atoms with Crippen LogP contribution in [-0.4, -0.2) is 45.3 Å². The van der Waals surface area contributed by atoms with Crippen molar-refractivity contribution in [2.45, 2.75) is 43.6 Å². The number of sulfonamides is 1. The number of aryl methyl sites for hydroxylation is 2. The van der Waals surface area contributed by atoms with Crippen LogP contribution in [0.3, 0.4) is 0 Å². The van der Waals surface area contributed by atoms with E-state index >= 15 is 0 Å². The molecule has 8 nitrogen and oxygen atoms in total. The number of piperidine rings is 1. The maximum absolute atomic E-state index is 12.8. The Morgan fingerprint density at radius 3 is 2.73 bits per heavy atom. The Bertz CT molecular complexity index is 1100. The first kappa shape index (κ1) is 21.0. The maximum Gasteiger partial charge on any atom is 0.262 e. The molecule has 0 saturated carbocycles. The largest absolute Gasteiger partial charge is 0.339 e. The third-order valence-electron chi connectivity index (χ3n) is 5.21. The molecular weight excluding hydrogens is 420 g/mol. The Morgan fingerprint density at radius 2 is 2.03 bits per heavy atom. The van der Waals surface area contributed by atoms with E-state index in [-0.39, 0.29) is 10.9 Å². The molecular formula is C20H26N6O2S2. The van der Waals surface area contributed by atoms with Crippen LogP contribution >= 0.6 is 11.3 Å². The second-order valence-electron chi connectivity index (χ2n) is 7.51. The summed E-state index contributed by atoms with van der Waals surface area (Å²) in [5, 5.41) is 4.25. The van der Waals surface area contributed by atoms with Crippen LogP contribution in [0.5, 0.6) is 0 Å². The van der Waals surface area contributed by atoms with Crippen molar-refractivity contribution in [2.75, 3.05) is 18.4 Å². The van der Waals surface area contributed by atoms with Crippen molar-refractivity contribution < 1.29 is 8.42 Å². The summed E-state index contributed by atoms with van der Waals surface area (Å²) in [4.78, 5) is 14.5. The van der Waals surface area contributed by atoms with Crippen LogP contribution < -0.4 is 5.32 Å². The van der Waals surface area contributed by atoms with Gasteiger partial charge in [-0.1, -0.05) is 19.4 Å². The fourth-order valence-electron chi connectivity index (χ4n) is 3.63. The van der Waals surface area contributed by atoms with E-state index in [1.807, 2.05) is 24.4 Å². The molecule has 0 aromatic carbocycles. The highest BCUT2D eigenvalue weighted by atomic mass is 32.2. The molecule has 1 saturated heterocycles. The lowest BCUT2D eigenvalue weighted by molar-refractivity contribution is 0.316. The van der Waals surface area contributed by atoms with Gasteiger partial charge in [-0.25, -0.2) is 23.4 Å². The Hall–Kier alpha value is -2.30. The van der Waals surface area contributed by atoms with E-state index in [4.69, 9.17) is 4.98 Å². The highest BCUT2D eigenvalue weighted by Crippen LogP contribution is 2.31. The summed E-state index contributed by atoms with van der Waals surface area (Å²) in [6, 6.07) is 5.94. The van der Waals surface area contributed by atoms with Gasteiger partial charge in [-0.2, -0.15) is 4.31 Å². The number of thiazole rings is 1. The summed E-state index contributed by atoms with van der Waals surface area (Å²) in [6.45, 7) is 3.09. The molecule has 160 valence electrons. The first-order valence-corrected chi connectivity index (χ1v) is 12.4. The molecule has 0 bridgehead atoms. The first-order chi connectivity index (χ1) is 14.5. The van der Waals surface area contributed by atoms with Crippen molar-refractivity contribution in [3.05, 3.63) is 47.5 Å². The number of hydrogen-bond donors (Lipinski definition) is 1. The third kappa shape index (κ3) is 4.55. The van der Waals surface area contributed by atoms with E-state index in [0.717, 1.165) is 42.3 Å². The molecule has 0 radical (unpaired) electrons. The van der Waals surface area contributed by atoms with Crippen LogP contribution in [0.2, 0.25) is 0 Å². The normalized spacial score (nSPS) is 16.1. The van der Waals surface area contributed by atoms with Gasteiger partial charge in [0.25, 0.3) is 10.0 Å². The van der Waals surface area contributed by atoms with Gasteiger partial charge in [-0.05, 0) is 31.4 Å². The van der Waals surface area contributed by atoms with E-state index in [2.05, 4.69) is 22.2 Å². The number of anilines is 2. The van der Waals surface area contributed by atoms with E-state index in [1.54, 1.807) is 29.1 Å². The minimum absolute atomic E-state index is 0.110. The number of aromatic nitrogens is 4. The standard InChI is InChI=1S/C20H26N6O2S2/c1-3-5-16-12-21-20(29-16)24-18-7-4-6-17(23-18)15-8-10-26(11-9-15)30(27,28)19-13-25(2)14-22-19/h4,6-7,12-15H,3,5,8-11H2,1-2H3,(H,21,23,24). The molecule has 3 aromatic heterocycles. The number of rotatable bonds is 7. The highest BCUT2D eigenvalue weighted by Gasteiger charge is 2.31. The number of pyridine rings is 1. The zero-order valence-corrected chi connectivity index (χ0v) is 18.8. The topological polar surface area (TPSA) is 93.0 Å². The van der Waals surface area contributed by atoms with Gasteiger partial charge in [-0.15, -0.1) is 11.3 Å². The zero-order chi connectivity index (χ0) is 21.1. The zero-order valence-electron chi connectivity index (χ0n) is 17.2. The van der Waals surface area contributed by atoms with Crippen molar-refractivity contribution >= 4 is 32.3 Å². The second kappa shape index (κ2) is 8.83. The van der Waals surface area contributed by atoms with Gasteiger partial charge in [0.2, 0.25) is 0 Å². The van der Waals surface area contributed by atoms with Crippen LogP contribution in [0.25, 0.3) is 0 Å². The van der Waals surface area contributed by atoms with Crippen LogP contribution in [-0.2, 0) is 23.5 Å². The van der Waals surface area contributed by atoms with Crippen molar-refractivity contribution in [3.63, 3.8) is 0 Å². The van der Waals surface area contributed by atoms with Gasteiger partial charge in [0.05, 0.1) is 6.33 Å². The van der Waals surface area contributed by atoms with E-state index in [0.29, 0.717) is 13.1 Å². The summed E-state index contributed by atoms with van der Waals surface area (Å²) in [5.41, 5.74) is 0.986. The van der Waals surface area contributed by atoms with E-state index in [9.17, 15) is 8.42 Å². The minimum Gasteiger partial charge on any atom is -0.339 e. The van der Waals surface area contributed by atoms with E-state index < -0.39 is 10.0 Å². The molecule has 0 amide bonds. The lowest BCUT2D eigenvalue weighted by Gasteiger charge is -2.30. The second-order valence-corrected chi connectivity index (χ2v) is 10.5. The lowest BCUT2D eigenvalue weighted by Crippen LogP contribution is -2.38. The molecule has 0 atom stereocenters. The van der Waals surface area contributed by atoms with Gasteiger partial charge in [0.1, 0.15) is 5.82 Å². The Labute approximate surface area is 181 Å². The minimum atomic E-state index is -3.54. The lowest BCUT2D eigenvalue weighted by atomic mass is 9.94. The van der Waals surface area contributed by atoms with Crippen molar-refractivity contribution in [3.8, 4) is 0 Å². The van der Waals surface area contributed by atoms with Crippen molar-refractivity contribution in [1.29, 1.82) is 0 Å². The van der Waals surface area contributed by atoms with Gasteiger partial charge in [-0.3, -0.25) is 0 Å². The number of hydrogen-bond acceptors (Lipinski definition) is 7. The molecule has 10 heteroatoms. The van der Waals surface area contributed by atoms with Crippen molar-refractivity contribution in [2.24, 2.45) is 7.05 Å². The van der Waals surface area contributed by atoms with Crippen LogP contribution in [0.15, 0.2) is 41.9 Å². The predicted molar refractivity (Wildman–Crippen MR) is 118 cm³/mol. The predicted octanol–water partition coefficient (Wildman–Crippen LogP) is 3.54. The molecule has 4 rings (SSSR count). The summed E-state index contributed by atoms with van der Waals surface area (Å²) in [6.07, 6.45) is 8.58. The summed E-state index contributed by atoms with van der Waals surface area (Å²) in [5.74, 6) is 1.00. The number of nitrogens with zero attached hydrogens (tertiary/aromatic N) is 5. The third-order valence-corrected chi connectivity index (χ3v) is 7.97. The van der Waals surface area contributed by atoms with Crippen LogP contribution in [0, 0.1) is 0 Å². The molecule has 30 heavy (non-hydrogen) atoms. The van der Waals surface area contributed by atoms with Crippen molar-refractivity contribution in [1.82, 2.24) is 23.8 Å². The average Bonchev–Trinajstić information content (AvgIpc) is 3.38. The van der Waals surface area contributed by atoms with Crippen LogP contribution in [0.1, 0.15) is 42.7 Å². The smallest absolute Gasteiger partial charge is 0.262 e. The molecule has 4 heterocycles. The molecule has 0 unspecified atom stereocenters. The maximum atomic E-state index is 12.8. The average molecular weight is 447 g/mol. The summed E-state index contributed by atoms with van der Waals surface area (Å²) >= 11 is 1.65. The van der Waals surface area contributed by atoms with Gasteiger partial charge < -0.3 is 9.88 Å². The molecule has 0 spiro atoms. The molecule has 0 aliphatic carbocycles. The number of nitrogens with one attached hydrogen (secondary N) is 1. The molecule has 1 fully saturated rings. The Kier molecular flexibility index (Phi) is 6.16. The molecule has 1 aliphatic rings. The highest BCUT2D eigenvalue weighted by molar-refractivity contribution is 7.89. The quantitative estimate of drug-likeness (QED) is 0.597. The number of imidazole rings is 1. The SMILES string of the molecule is CCCc1cnc(Nc2cccc(C3CCN(S(=O)(=O)c4cn(C)cn4)CC3)n2)s1. The van der Waals surface area contributed by atoms with Gasteiger partial charge >= 0.3 is 0 Å². The first-order valence-electron chi connectivity index (χ1n) is 10.1. The summed E-state index contributed by atoms with van der Waals surface area (Å²) < 4.78 is 28.7. The summed E-state index contributed by atoms with van der Waals surface area (Å²) in [7, 11) is -1.77. The van der Waals surface area contributed by atoms with E-state index in [1.165, 1.54) is 15.5 Å². The molecule has 1 N–H and O–H groups in total. The van der Waals surface area contributed by atoms with Gasteiger partial charge in [0, 0.05) is 49.0 Å².